The molecule has 4 nitrogen and oxygen atoms in total. The maximum atomic E-state index is 6.40. The fourth-order valence-electron chi connectivity index (χ4n) is 6.09. The molecule has 3 unspecified atom stereocenters. The van der Waals surface area contributed by atoms with Crippen LogP contribution in [0.4, 0.5) is 5.69 Å². The minimum atomic E-state index is 0.305. The average Bonchev–Trinajstić information content (AvgIpc) is 3.61. The van der Waals surface area contributed by atoms with E-state index in [1.807, 2.05) is 18.2 Å². The largest absolute Gasteiger partial charge is 0.489 e. The lowest BCUT2D eigenvalue weighted by Crippen LogP contribution is -2.34. The van der Waals surface area contributed by atoms with E-state index in [1.54, 1.807) is 11.3 Å². The van der Waals surface area contributed by atoms with Gasteiger partial charge in [-0.15, -0.1) is 11.3 Å². The number of hydrogen-bond donors (Lipinski definition) is 1. The SMILES string of the molecule is c1ccc2c(c1)OC1CCC(Nc3cc(-c4nc5ccccc5s4)c4oc5ccccc5c4c3)CC21. The van der Waals surface area contributed by atoms with Crippen LogP contribution in [0.25, 0.3) is 42.7 Å². The molecule has 8 rings (SSSR count). The summed E-state index contributed by atoms with van der Waals surface area (Å²) in [7, 11) is 0. The first kappa shape index (κ1) is 20.4. The van der Waals surface area contributed by atoms with E-state index >= 15 is 0 Å². The van der Waals surface area contributed by atoms with E-state index in [1.165, 1.54) is 10.3 Å². The van der Waals surface area contributed by atoms with Crippen LogP contribution in [-0.4, -0.2) is 17.1 Å². The number of nitrogens with zero attached hydrogens (tertiary/aromatic N) is 1. The second-order valence-corrected chi connectivity index (χ2v) is 11.0. The fourth-order valence-corrected chi connectivity index (χ4v) is 7.07. The molecule has 0 amide bonds. The lowest BCUT2D eigenvalue weighted by molar-refractivity contribution is 0.158. The van der Waals surface area contributed by atoms with E-state index in [2.05, 4.69) is 72.0 Å². The van der Waals surface area contributed by atoms with Crippen LogP contribution in [0.5, 0.6) is 5.75 Å². The van der Waals surface area contributed by atoms with Gasteiger partial charge in [-0.05, 0) is 55.7 Å². The maximum Gasteiger partial charge on any atom is 0.145 e. The zero-order valence-electron chi connectivity index (χ0n) is 19.6. The van der Waals surface area contributed by atoms with Gasteiger partial charge in [0.05, 0.1) is 15.8 Å². The van der Waals surface area contributed by atoms with Crippen LogP contribution in [0.2, 0.25) is 0 Å². The smallest absolute Gasteiger partial charge is 0.145 e. The highest BCUT2D eigenvalue weighted by Gasteiger charge is 2.39. The van der Waals surface area contributed by atoms with E-state index in [0.29, 0.717) is 18.1 Å². The Morgan fingerprint density at radius 3 is 2.69 bits per heavy atom. The Balaban J connectivity index is 1.21. The Labute approximate surface area is 212 Å². The normalized spacial score (nSPS) is 20.9. The molecule has 0 saturated heterocycles. The van der Waals surface area contributed by atoms with Gasteiger partial charge in [0.25, 0.3) is 0 Å². The average molecular weight is 489 g/mol. The molecule has 2 aliphatic rings. The van der Waals surface area contributed by atoms with Crippen LogP contribution < -0.4 is 10.1 Å². The molecule has 176 valence electrons. The minimum Gasteiger partial charge on any atom is -0.489 e. The number of para-hydroxylation sites is 3. The Morgan fingerprint density at radius 2 is 1.72 bits per heavy atom. The summed E-state index contributed by atoms with van der Waals surface area (Å²) >= 11 is 1.72. The number of ether oxygens (including phenoxy) is 1. The van der Waals surface area contributed by atoms with Crippen molar-refractivity contribution in [3.8, 4) is 16.3 Å². The molecule has 5 heteroatoms. The molecule has 2 aromatic heterocycles. The molecule has 1 N–H and O–H groups in total. The summed E-state index contributed by atoms with van der Waals surface area (Å²) in [4.78, 5) is 4.97. The van der Waals surface area contributed by atoms with Crippen molar-refractivity contribution in [3.05, 3.63) is 90.5 Å². The second kappa shape index (κ2) is 7.84. The Bertz CT molecular complexity index is 1730. The number of rotatable bonds is 3. The maximum absolute atomic E-state index is 6.40. The summed E-state index contributed by atoms with van der Waals surface area (Å²) in [5, 5.41) is 7.16. The summed E-state index contributed by atoms with van der Waals surface area (Å²) in [5.74, 6) is 1.52. The lowest BCUT2D eigenvalue weighted by atomic mass is 9.80. The van der Waals surface area contributed by atoms with Crippen molar-refractivity contribution in [1.82, 2.24) is 4.98 Å². The third-order valence-electron chi connectivity index (χ3n) is 7.76. The monoisotopic (exact) mass is 488 g/mol. The summed E-state index contributed by atoms with van der Waals surface area (Å²) in [5.41, 5.74) is 6.38. The predicted octanol–water partition coefficient (Wildman–Crippen LogP) is 8.37. The zero-order valence-corrected chi connectivity index (χ0v) is 20.4. The van der Waals surface area contributed by atoms with Crippen molar-refractivity contribution >= 4 is 49.2 Å². The molecule has 1 saturated carbocycles. The van der Waals surface area contributed by atoms with Gasteiger partial charge in [0, 0.05) is 34.0 Å². The van der Waals surface area contributed by atoms with Crippen LogP contribution in [0, 0.1) is 0 Å². The van der Waals surface area contributed by atoms with Crippen molar-refractivity contribution in [1.29, 1.82) is 0 Å². The third-order valence-corrected chi connectivity index (χ3v) is 8.83. The van der Waals surface area contributed by atoms with Gasteiger partial charge in [-0.2, -0.15) is 0 Å². The van der Waals surface area contributed by atoms with Crippen LogP contribution in [-0.2, 0) is 0 Å². The Kier molecular flexibility index (Phi) is 4.43. The fraction of sp³-hybridized carbons (Fsp3) is 0.194. The number of fused-ring (bicyclic) bond motifs is 7. The molecule has 0 spiro atoms. The number of thiazole rings is 1. The summed E-state index contributed by atoms with van der Waals surface area (Å²) in [6, 6.07) is 30.0. The van der Waals surface area contributed by atoms with Crippen molar-refractivity contribution in [2.45, 2.75) is 37.3 Å². The molecular formula is C31H24N2O2S. The zero-order chi connectivity index (χ0) is 23.6. The highest BCUT2D eigenvalue weighted by molar-refractivity contribution is 7.21. The van der Waals surface area contributed by atoms with Gasteiger partial charge in [-0.1, -0.05) is 48.5 Å². The Hall–Kier alpha value is -3.83. The number of aromatic nitrogens is 1. The number of nitrogens with one attached hydrogen (secondary N) is 1. The molecule has 1 fully saturated rings. The predicted molar refractivity (Wildman–Crippen MR) is 147 cm³/mol. The highest BCUT2D eigenvalue weighted by atomic mass is 32.1. The van der Waals surface area contributed by atoms with E-state index in [9.17, 15) is 0 Å². The van der Waals surface area contributed by atoms with E-state index in [0.717, 1.165) is 68.7 Å². The highest BCUT2D eigenvalue weighted by Crippen LogP contribution is 2.46. The number of benzene rings is 4. The van der Waals surface area contributed by atoms with Gasteiger partial charge in [0.2, 0.25) is 0 Å². The summed E-state index contributed by atoms with van der Waals surface area (Å²) in [6.07, 6.45) is 3.54. The molecule has 3 heterocycles. The van der Waals surface area contributed by atoms with Gasteiger partial charge >= 0.3 is 0 Å². The molecule has 6 aromatic rings. The molecule has 0 radical (unpaired) electrons. The van der Waals surface area contributed by atoms with Crippen LogP contribution >= 0.6 is 11.3 Å². The molecular weight excluding hydrogens is 464 g/mol. The van der Waals surface area contributed by atoms with Crippen molar-refractivity contribution in [3.63, 3.8) is 0 Å². The van der Waals surface area contributed by atoms with Gasteiger partial charge < -0.3 is 14.5 Å². The van der Waals surface area contributed by atoms with E-state index in [-0.39, 0.29) is 0 Å². The first-order valence-electron chi connectivity index (χ1n) is 12.6. The van der Waals surface area contributed by atoms with Gasteiger partial charge in [-0.3, -0.25) is 0 Å². The molecule has 0 bridgehead atoms. The van der Waals surface area contributed by atoms with Gasteiger partial charge in [0.1, 0.15) is 28.0 Å². The number of furan rings is 1. The molecule has 3 atom stereocenters. The van der Waals surface area contributed by atoms with Crippen LogP contribution in [0.3, 0.4) is 0 Å². The summed E-state index contributed by atoms with van der Waals surface area (Å²) < 4.78 is 13.8. The molecule has 1 aliphatic heterocycles. The Morgan fingerprint density at radius 1 is 0.861 bits per heavy atom. The number of anilines is 1. The number of hydrogen-bond acceptors (Lipinski definition) is 5. The quantitative estimate of drug-likeness (QED) is 0.272. The lowest BCUT2D eigenvalue weighted by Gasteiger charge is -2.32. The van der Waals surface area contributed by atoms with E-state index in [4.69, 9.17) is 14.1 Å². The summed E-state index contributed by atoms with van der Waals surface area (Å²) in [6.45, 7) is 0. The van der Waals surface area contributed by atoms with Crippen molar-refractivity contribution < 1.29 is 9.15 Å². The first-order valence-corrected chi connectivity index (χ1v) is 13.5. The molecule has 4 aromatic carbocycles. The van der Waals surface area contributed by atoms with Crippen molar-refractivity contribution in [2.75, 3.05) is 5.32 Å². The first-order chi connectivity index (χ1) is 17.8. The second-order valence-electron chi connectivity index (χ2n) is 9.94. The topological polar surface area (TPSA) is 47.3 Å². The van der Waals surface area contributed by atoms with E-state index < -0.39 is 0 Å². The van der Waals surface area contributed by atoms with Gasteiger partial charge in [-0.25, -0.2) is 4.98 Å². The standard InChI is InChI=1S/C31H24N2O2S/c1-4-10-26-20(7-1)22-15-18(13-14-28(22)34-26)32-19-16-23-21-8-2-5-11-27(21)35-30(23)24(17-19)31-33-25-9-3-6-12-29(25)36-31/h1-12,16-18,22,28,32H,13-15H2. The molecule has 36 heavy (non-hydrogen) atoms. The van der Waals surface area contributed by atoms with Crippen molar-refractivity contribution in [2.24, 2.45) is 0 Å². The van der Waals surface area contributed by atoms with Crippen LogP contribution in [0.1, 0.15) is 30.7 Å². The molecule has 1 aliphatic carbocycles. The van der Waals surface area contributed by atoms with Gasteiger partial charge in [0.15, 0.2) is 0 Å². The van der Waals surface area contributed by atoms with Crippen LogP contribution in [0.15, 0.2) is 89.3 Å². The minimum absolute atomic E-state index is 0.305. The third kappa shape index (κ3) is 3.16.